The van der Waals surface area contributed by atoms with E-state index in [0.717, 1.165) is 24.8 Å². The second kappa shape index (κ2) is 7.73. The molecule has 6 nitrogen and oxygen atoms in total. The second-order valence-electron chi connectivity index (χ2n) is 6.33. The van der Waals surface area contributed by atoms with Crippen LogP contribution in [-0.2, 0) is 10.0 Å². The van der Waals surface area contributed by atoms with E-state index in [0.29, 0.717) is 18.1 Å². The molecule has 0 bridgehead atoms. The Balaban J connectivity index is 1.94. The molecule has 0 spiro atoms. The Bertz CT molecular complexity index is 900. The van der Waals surface area contributed by atoms with E-state index in [1.807, 2.05) is 12.1 Å². The summed E-state index contributed by atoms with van der Waals surface area (Å²) >= 11 is 5.94. The number of hydrogen-bond donors (Lipinski definition) is 0. The molecule has 1 saturated heterocycles. The highest BCUT2D eigenvalue weighted by Crippen LogP contribution is 2.32. The van der Waals surface area contributed by atoms with E-state index in [1.54, 1.807) is 12.1 Å². The Hall–Kier alpha value is -1.96. The van der Waals surface area contributed by atoms with Crippen LogP contribution in [0.25, 0.3) is 0 Å². The summed E-state index contributed by atoms with van der Waals surface area (Å²) in [6.45, 7) is 0.661. The van der Waals surface area contributed by atoms with E-state index in [-0.39, 0.29) is 16.5 Å². The van der Waals surface area contributed by atoms with Crippen molar-refractivity contribution in [2.24, 2.45) is 0 Å². The molecule has 1 aliphatic rings. The molecule has 138 valence electrons. The van der Waals surface area contributed by atoms with Gasteiger partial charge in [-0.05, 0) is 42.5 Å². The van der Waals surface area contributed by atoms with Gasteiger partial charge in [0.05, 0.1) is 4.92 Å². The Kier molecular flexibility index (Phi) is 5.60. The molecule has 0 aliphatic carbocycles. The van der Waals surface area contributed by atoms with Gasteiger partial charge in [-0.2, -0.15) is 4.31 Å². The van der Waals surface area contributed by atoms with E-state index in [2.05, 4.69) is 0 Å². The number of benzene rings is 2. The number of halogens is 1. The molecule has 2 aromatic rings. The average molecular weight is 395 g/mol. The number of rotatable bonds is 4. The third kappa shape index (κ3) is 3.90. The van der Waals surface area contributed by atoms with Gasteiger partial charge in [0.25, 0.3) is 5.69 Å². The predicted molar refractivity (Wildman–Crippen MR) is 99.9 cm³/mol. The fourth-order valence-corrected chi connectivity index (χ4v) is 5.11. The van der Waals surface area contributed by atoms with Crippen molar-refractivity contribution in [1.29, 1.82) is 0 Å². The number of hydrogen-bond acceptors (Lipinski definition) is 4. The van der Waals surface area contributed by atoms with Gasteiger partial charge in [-0.1, -0.05) is 42.3 Å². The highest BCUT2D eigenvalue weighted by Gasteiger charge is 2.34. The first-order valence-corrected chi connectivity index (χ1v) is 10.2. The van der Waals surface area contributed by atoms with Crippen LogP contribution in [-0.4, -0.2) is 30.7 Å². The minimum absolute atomic E-state index is 0.0345. The molecule has 1 fully saturated rings. The van der Waals surface area contributed by atoms with Crippen molar-refractivity contribution in [3.05, 3.63) is 69.2 Å². The van der Waals surface area contributed by atoms with Crippen LogP contribution in [0.3, 0.4) is 0 Å². The van der Waals surface area contributed by atoms with Gasteiger partial charge in [0.1, 0.15) is 0 Å². The Morgan fingerprint density at radius 3 is 2.46 bits per heavy atom. The molecule has 0 amide bonds. The number of nitro benzene ring substituents is 1. The molecule has 0 saturated carbocycles. The highest BCUT2D eigenvalue weighted by atomic mass is 35.5. The first kappa shape index (κ1) is 18.8. The zero-order chi connectivity index (χ0) is 18.7. The Morgan fingerprint density at radius 1 is 1.08 bits per heavy atom. The normalized spacial score (nSPS) is 19.0. The van der Waals surface area contributed by atoms with Gasteiger partial charge >= 0.3 is 0 Å². The van der Waals surface area contributed by atoms with E-state index in [4.69, 9.17) is 11.6 Å². The van der Waals surface area contributed by atoms with Crippen LogP contribution in [0.2, 0.25) is 5.02 Å². The molecular formula is C18H19ClN2O4S. The first-order chi connectivity index (χ1) is 12.4. The Morgan fingerprint density at radius 2 is 1.77 bits per heavy atom. The maximum atomic E-state index is 13.1. The number of sulfonamides is 1. The van der Waals surface area contributed by atoms with E-state index >= 15 is 0 Å². The molecule has 1 unspecified atom stereocenters. The number of nitrogens with zero attached hydrogens (tertiary/aromatic N) is 2. The molecule has 1 heterocycles. The van der Waals surface area contributed by atoms with Crippen molar-refractivity contribution >= 4 is 27.3 Å². The van der Waals surface area contributed by atoms with E-state index < -0.39 is 14.9 Å². The summed E-state index contributed by atoms with van der Waals surface area (Å²) in [5, 5.41) is 11.9. The fourth-order valence-electron chi connectivity index (χ4n) is 3.30. The largest absolute Gasteiger partial charge is 0.289 e. The molecule has 8 heteroatoms. The maximum Gasteiger partial charge on any atom is 0.289 e. The van der Waals surface area contributed by atoms with E-state index in [1.165, 1.54) is 28.6 Å². The molecule has 26 heavy (non-hydrogen) atoms. The molecule has 1 aliphatic heterocycles. The smallest absolute Gasteiger partial charge is 0.258 e. The summed E-state index contributed by atoms with van der Waals surface area (Å²) in [6, 6.07) is 12.9. The monoisotopic (exact) mass is 394 g/mol. The first-order valence-electron chi connectivity index (χ1n) is 8.38. The third-order valence-corrected chi connectivity index (χ3v) is 6.82. The van der Waals surface area contributed by atoms with E-state index in [9.17, 15) is 18.5 Å². The summed E-state index contributed by atoms with van der Waals surface area (Å²) < 4.78 is 27.6. The summed E-state index contributed by atoms with van der Waals surface area (Å²) in [5.74, 6) is 0.0345. The predicted octanol–water partition coefficient (Wildman–Crippen LogP) is 4.21. The second-order valence-corrected chi connectivity index (χ2v) is 8.67. The SMILES string of the molecule is O=[N+]([O-])c1ccccc1S(=O)(=O)N1CCCCC(c2ccc(Cl)cc2)C1. The van der Waals surface area contributed by atoms with Crippen molar-refractivity contribution < 1.29 is 13.3 Å². The van der Waals surface area contributed by atoms with Crippen LogP contribution in [0.15, 0.2) is 53.4 Å². The van der Waals surface area contributed by atoms with Crippen LogP contribution in [0, 0.1) is 10.1 Å². The average Bonchev–Trinajstić information content (AvgIpc) is 2.89. The van der Waals surface area contributed by atoms with Crippen LogP contribution < -0.4 is 0 Å². The van der Waals surface area contributed by atoms with Crippen molar-refractivity contribution in [2.45, 2.75) is 30.1 Å². The molecule has 3 rings (SSSR count). The lowest BCUT2D eigenvalue weighted by atomic mass is 9.95. The quantitative estimate of drug-likeness (QED) is 0.574. The molecule has 0 N–H and O–H groups in total. The van der Waals surface area contributed by atoms with Gasteiger partial charge in [-0.3, -0.25) is 10.1 Å². The van der Waals surface area contributed by atoms with Crippen molar-refractivity contribution in [2.75, 3.05) is 13.1 Å². The summed E-state index contributed by atoms with van der Waals surface area (Å²) in [7, 11) is -3.94. The lowest BCUT2D eigenvalue weighted by Crippen LogP contribution is -2.34. The lowest BCUT2D eigenvalue weighted by Gasteiger charge is -2.24. The number of para-hydroxylation sites is 1. The highest BCUT2D eigenvalue weighted by molar-refractivity contribution is 7.89. The van der Waals surface area contributed by atoms with Crippen molar-refractivity contribution in [3.8, 4) is 0 Å². The van der Waals surface area contributed by atoms with Crippen LogP contribution >= 0.6 is 11.6 Å². The molecule has 2 aromatic carbocycles. The summed E-state index contributed by atoms with van der Waals surface area (Å²) in [4.78, 5) is 10.3. The van der Waals surface area contributed by atoms with Crippen molar-refractivity contribution in [1.82, 2.24) is 4.31 Å². The molecule has 0 radical (unpaired) electrons. The van der Waals surface area contributed by atoms with Crippen molar-refractivity contribution in [3.63, 3.8) is 0 Å². The van der Waals surface area contributed by atoms with Gasteiger partial charge in [0, 0.05) is 24.2 Å². The van der Waals surface area contributed by atoms with Crippen LogP contribution in [0.5, 0.6) is 0 Å². The standard InChI is InChI=1S/C18H19ClN2O4S/c19-16-10-8-14(9-11-16)15-5-3-4-12-20(13-15)26(24,25)18-7-2-1-6-17(18)21(22)23/h1-2,6-11,15H,3-5,12-13H2. The number of nitro groups is 1. The summed E-state index contributed by atoms with van der Waals surface area (Å²) in [5.41, 5.74) is 0.638. The molecular weight excluding hydrogens is 376 g/mol. The van der Waals surface area contributed by atoms with Gasteiger partial charge in [-0.25, -0.2) is 8.42 Å². The third-order valence-electron chi connectivity index (χ3n) is 4.66. The van der Waals surface area contributed by atoms with Crippen LogP contribution in [0.1, 0.15) is 30.7 Å². The summed E-state index contributed by atoms with van der Waals surface area (Å²) in [6.07, 6.45) is 2.49. The minimum atomic E-state index is -3.94. The maximum absolute atomic E-state index is 13.1. The minimum Gasteiger partial charge on any atom is -0.258 e. The van der Waals surface area contributed by atoms with Gasteiger partial charge < -0.3 is 0 Å². The van der Waals surface area contributed by atoms with Crippen LogP contribution in [0.4, 0.5) is 5.69 Å². The zero-order valence-corrected chi connectivity index (χ0v) is 15.6. The van der Waals surface area contributed by atoms with Gasteiger partial charge in [0.15, 0.2) is 4.90 Å². The molecule has 0 aromatic heterocycles. The fraction of sp³-hybridized carbons (Fsp3) is 0.333. The van der Waals surface area contributed by atoms with Gasteiger partial charge in [0.2, 0.25) is 10.0 Å². The lowest BCUT2D eigenvalue weighted by molar-refractivity contribution is -0.387. The molecule has 1 atom stereocenters. The zero-order valence-electron chi connectivity index (χ0n) is 14.0. The topological polar surface area (TPSA) is 80.5 Å². The van der Waals surface area contributed by atoms with Gasteiger partial charge in [-0.15, -0.1) is 0 Å². The Labute approximate surface area is 157 Å².